The molecular formula is C21H23Br2NO5S. The lowest BCUT2D eigenvalue weighted by atomic mass is 9.79. The Morgan fingerprint density at radius 1 is 1.13 bits per heavy atom. The lowest BCUT2D eigenvalue weighted by molar-refractivity contribution is -0.141. The SMILES string of the molecule is CC(C)(CCOC(=O)CS)[C@H](OC(=O)Nc1ccc(Br)cc1)c1cc(Br)ccc1O. The molecule has 0 radical (unpaired) electrons. The number of ether oxygens (including phenoxy) is 2. The number of carbonyl (C=O) groups is 2. The zero-order chi connectivity index (χ0) is 22.3. The second-order valence-corrected chi connectivity index (χ2v) is 9.39. The van der Waals surface area contributed by atoms with Crippen LogP contribution in [0, 0.1) is 5.41 Å². The fourth-order valence-electron chi connectivity index (χ4n) is 2.77. The minimum absolute atomic E-state index is 0.0000645. The van der Waals surface area contributed by atoms with E-state index >= 15 is 0 Å². The molecule has 0 spiro atoms. The lowest BCUT2D eigenvalue weighted by Gasteiger charge is -2.34. The van der Waals surface area contributed by atoms with Gasteiger partial charge in [-0.1, -0.05) is 45.7 Å². The number of nitrogens with one attached hydrogen (secondary N) is 1. The first-order chi connectivity index (χ1) is 14.1. The summed E-state index contributed by atoms with van der Waals surface area (Å²) in [6.45, 7) is 3.88. The van der Waals surface area contributed by atoms with E-state index in [4.69, 9.17) is 9.47 Å². The Hall–Kier alpha value is -1.71. The molecule has 0 aliphatic rings. The molecule has 9 heteroatoms. The molecule has 0 fully saturated rings. The summed E-state index contributed by atoms with van der Waals surface area (Å²) in [5.74, 6) is -0.438. The molecule has 6 nitrogen and oxygen atoms in total. The van der Waals surface area contributed by atoms with Crippen molar-refractivity contribution in [1.29, 1.82) is 0 Å². The second-order valence-electron chi connectivity index (χ2n) is 7.24. The van der Waals surface area contributed by atoms with E-state index in [0.717, 1.165) is 8.95 Å². The maximum Gasteiger partial charge on any atom is 0.412 e. The second kappa shape index (κ2) is 11.1. The predicted molar refractivity (Wildman–Crippen MR) is 126 cm³/mol. The van der Waals surface area contributed by atoms with E-state index in [2.05, 4.69) is 49.8 Å². The van der Waals surface area contributed by atoms with Gasteiger partial charge in [0, 0.05) is 25.6 Å². The van der Waals surface area contributed by atoms with Gasteiger partial charge in [0.1, 0.15) is 11.9 Å². The van der Waals surface area contributed by atoms with Gasteiger partial charge in [-0.15, -0.1) is 0 Å². The number of hydrogen-bond donors (Lipinski definition) is 3. The largest absolute Gasteiger partial charge is 0.508 e. The molecule has 30 heavy (non-hydrogen) atoms. The monoisotopic (exact) mass is 559 g/mol. The molecule has 0 saturated carbocycles. The van der Waals surface area contributed by atoms with Crippen LogP contribution in [-0.2, 0) is 14.3 Å². The molecule has 2 N–H and O–H groups in total. The van der Waals surface area contributed by atoms with Crippen molar-refractivity contribution in [2.75, 3.05) is 17.7 Å². The summed E-state index contributed by atoms with van der Waals surface area (Å²) in [5.41, 5.74) is 0.355. The topological polar surface area (TPSA) is 84.9 Å². The van der Waals surface area contributed by atoms with Crippen LogP contribution in [0.2, 0.25) is 0 Å². The number of phenolic OH excluding ortho intramolecular Hbond substituents is 1. The summed E-state index contributed by atoms with van der Waals surface area (Å²) < 4.78 is 12.5. The number of rotatable bonds is 8. The molecule has 0 heterocycles. The van der Waals surface area contributed by atoms with Crippen LogP contribution in [0.5, 0.6) is 5.75 Å². The summed E-state index contributed by atoms with van der Waals surface area (Å²) in [7, 11) is 0. The van der Waals surface area contributed by atoms with Gasteiger partial charge >= 0.3 is 12.1 Å². The number of halogens is 2. The third-order valence-electron chi connectivity index (χ3n) is 4.44. The Balaban J connectivity index is 2.24. The summed E-state index contributed by atoms with van der Waals surface area (Å²) in [4.78, 5) is 24.0. The first-order valence-corrected chi connectivity index (χ1v) is 11.3. The normalized spacial score (nSPS) is 12.2. The molecule has 0 saturated heterocycles. The van der Waals surface area contributed by atoms with Gasteiger partial charge in [0.15, 0.2) is 0 Å². The van der Waals surface area contributed by atoms with Gasteiger partial charge in [0.25, 0.3) is 0 Å². The van der Waals surface area contributed by atoms with Crippen LogP contribution in [-0.4, -0.2) is 29.5 Å². The Labute approximate surface area is 198 Å². The first-order valence-electron chi connectivity index (χ1n) is 9.10. The van der Waals surface area contributed by atoms with Gasteiger partial charge in [-0.3, -0.25) is 10.1 Å². The first kappa shape index (κ1) is 24.6. The van der Waals surface area contributed by atoms with Crippen molar-refractivity contribution in [3.63, 3.8) is 0 Å². The van der Waals surface area contributed by atoms with Crippen molar-refractivity contribution in [3.8, 4) is 5.75 Å². The fourth-order valence-corrected chi connectivity index (χ4v) is 3.51. The molecule has 0 aliphatic heterocycles. The molecule has 0 bridgehead atoms. The van der Waals surface area contributed by atoms with Gasteiger partial charge in [0.2, 0.25) is 0 Å². The van der Waals surface area contributed by atoms with Gasteiger partial charge in [-0.2, -0.15) is 12.6 Å². The minimum atomic E-state index is -0.805. The summed E-state index contributed by atoms with van der Waals surface area (Å²) in [6.07, 6.45) is -1.07. The maximum absolute atomic E-state index is 12.6. The highest BCUT2D eigenvalue weighted by Crippen LogP contribution is 2.43. The molecular weight excluding hydrogens is 538 g/mol. The average Bonchev–Trinajstić information content (AvgIpc) is 2.69. The van der Waals surface area contributed by atoms with Crippen LogP contribution in [0.25, 0.3) is 0 Å². The van der Waals surface area contributed by atoms with E-state index in [1.54, 1.807) is 36.4 Å². The Morgan fingerprint density at radius 2 is 1.77 bits per heavy atom. The Morgan fingerprint density at radius 3 is 2.40 bits per heavy atom. The van der Waals surface area contributed by atoms with Gasteiger partial charge in [-0.05, 0) is 48.9 Å². The smallest absolute Gasteiger partial charge is 0.412 e. The van der Waals surface area contributed by atoms with Crippen LogP contribution in [0.1, 0.15) is 31.9 Å². The van der Waals surface area contributed by atoms with Gasteiger partial charge < -0.3 is 14.6 Å². The lowest BCUT2D eigenvalue weighted by Crippen LogP contribution is -2.30. The molecule has 2 aromatic rings. The highest BCUT2D eigenvalue weighted by atomic mass is 79.9. The van der Waals surface area contributed by atoms with Crippen molar-refractivity contribution < 1.29 is 24.2 Å². The maximum atomic E-state index is 12.6. The number of amides is 1. The van der Waals surface area contributed by atoms with E-state index in [0.29, 0.717) is 17.7 Å². The summed E-state index contributed by atoms with van der Waals surface area (Å²) in [5, 5.41) is 13.1. The van der Waals surface area contributed by atoms with Crippen molar-refractivity contribution in [1.82, 2.24) is 0 Å². The van der Waals surface area contributed by atoms with E-state index < -0.39 is 23.6 Å². The van der Waals surface area contributed by atoms with Crippen LogP contribution in [0.3, 0.4) is 0 Å². The predicted octanol–water partition coefficient (Wildman–Crippen LogP) is 6.10. The molecule has 0 unspecified atom stereocenters. The number of anilines is 1. The molecule has 1 atom stereocenters. The number of benzene rings is 2. The number of aromatic hydroxyl groups is 1. The molecule has 2 rings (SSSR count). The molecule has 0 aromatic heterocycles. The molecule has 2 aromatic carbocycles. The van der Waals surface area contributed by atoms with Gasteiger partial charge in [0.05, 0.1) is 12.4 Å². The molecule has 162 valence electrons. The van der Waals surface area contributed by atoms with E-state index in [1.807, 2.05) is 13.8 Å². The standard InChI is InChI=1S/C21H23Br2NO5S/c1-21(2,9-10-28-18(26)12-30)19(16-11-14(23)5-8-17(16)25)29-20(27)24-15-6-3-13(22)4-7-15/h3-8,11,19,25,30H,9-10,12H2,1-2H3,(H,24,27)/t19-/m1/s1. The van der Waals surface area contributed by atoms with E-state index in [1.165, 1.54) is 6.07 Å². The number of esters is 1. The van der Waals surface area contributed by atoms with Gasteiger partial charge in [-0.25, -0.2) is 4.79 Å². The Bertz CT molecular complexity index is 889. The van der Waals surface area contributed by atoms with E-state index in [-0.39, 0.29) is 18.1 Å². The Kier molecular flexibility index (Phi) is 9.06. The van der Waals surface area contributed by atoms with Crippen molar-refractivity contribution in [2.24, 2.45) is 5.41 Å². The van der Waals surface area contributed by atoms with Crippen LogP contribution in [0.4, 0.5) is 10.5 Å². The van der Waals surface area contributed by atoms with Crippen molar-refractivity contribution >= 4 is 62.2 Å². The number of hydrogen-bond acceptors (Lipinski definition) is 6. The summed E-state index contributed by atoms with van der Waals surface area (Å²) >= 11 is 10.6. The van der Waals surface area contributed by atoms with Crippen molar-refractivity contribution in [3.05, 3.63) is 57.0 Å². The number of phenols is 1. The van der Waals surface area contributed by atoms with Crippen molar-refractivity contribution in [2.45, 2.75) is 26.4 Å². The third kappa shape index (κ3) is 7.21. The third-order valence-corrected chi connectivity index (χ3v) is 5.72. The minimum Gasteiger partial charge on any atom is -0.508 e. The zero-order valence-electron chi connectivity index (χ0n) is 16.5. The average molecular weight is 561 g/mol. The van der Waals surface area contributed by atoms with Crippen LogP contribution < -0.4 is 5.32 Å². The van der Waals surface area contributed by atoms with Crippen LogP contribution >= 0.6 is 44.5 Å². The zero-order valence-corrected chi connectivity index (χ0v) is 20.6. The summed E-state index contributed by atoms with van der Waals surface area (Å²) in [6, 6.07) is 12.0. The van der Waals surface area contributed by atoms with E-state index in [9.17, 15) is 14.7 Å². The number of thiol groups is 1. The fraction of sp³-hybridized carbons (Fsp3) is 0.333. The molecule has 1 amide bonds. The molecule has 0 aliphatic carbocycles. The quantitative estimate of drug-likeness (QED) is 0.268. The van der Waals surface area contributed by atoms with Crippen LogP contribution in [0.15, 0.2) is 51.4 Å². The number of carbonyl (C=O) groups excluding carboxylic acids is 2. The highest BCUT2D eigenvalue weighted by Gasteiger charge is 2.36. The highest BCUT2D eigenvalue weighted by molar-refractivity contribution is 9.10.